The van der Waals surface area contributed by atoms with Crippen molar-refractivity contribution in [3.63, 3.8) is 0 Å². The number of hydrogen-bond donors (Lipinski definition) is 0. The average Bonchev–Trinajstić information content (AvgIpc) is 2.27. The van der Waals surface area contributed by atoms with E-state index in [9.17, 15) is 9.36 Å². The van der Waals surface area contributed by atoms with Crippen LogP contribution >= 0.6 is 7.60 Å². The third kappa shape index (κ3) is 9.26. The molecule has 0 radical (unpaired) electrons. The van der Waals surface area contributed by atoms with E-state index in [2.05, 4.69) is 6.58 Å². The van der Waals surface area contributed by atoms with Crippen molar-refractivity contribution in [2.45, 2.75) is 13.8 Å². The summed E-state index contributed by atoms with van der Waals surface area (Å²) in [4.78, 5) is 11.2. The van der Waals surface area contributed by atoms with Gasteiger partial charge >= 0.3 is 13.6 Å². The lowest BCUT2D eigenvalue weighted by Crippen LogP contribution is -2.37. The first-order valence-corrected chi connectivity index (χ1v) is 8.33. The fourth-order valence-electron chi connectivity index (χ4n) is 1.19. The van der Waals surface area contributed by atoms with E-state index in [1.165, 1.54) is 0 Å². The fraction of sp³-hybridized carbons (Fsp3) is 0.769. The predicted molar refractivity (Wildman–Crippen MR) is 78.7 cm³/mol. The smallest absolute Gasteiger partial charge is 0.334 e. The molecule has 6 nitrogen and oxygen atoms in total. The van der Waals surface area contributed by atoms with Crippen LogP contribution in [0.1, 0.15) is 13.8 Å². The van der Waals surface area contributed by atoms with Crippen LogP contribution in [0.25, 0.3) is 0 Å². The van der Waals surface area contributed by atoms with Gasteiger partial charge in [0.2, 0.25) is 0 Å². The van der Waals surface area contributed by atoms with Crippen LogP contribution < -0.4 is 0 Å². The van der Waals surface area contributed by atoms with Crippen LogP contribution in [0.5, 0.6) is 0 Å². The Labute approximate surface area is 121 Å². The summed E-state index contributed by atoms with van der Waals surface area (Å²) in [6, 6.07) is 0. The van der Waals surface area contributed by atoms with E-state index in [0.29, 0.717) is 23.2 Å². The Morgan fingerprint density at radius 3 is 2.25 bits per heavy atom. The number of esters is 1. The van der Waals surface area contributed by atoms with Crippen LogP contribution in [0.15, 0.2) is 12.2 Å². The maximum absolute atomic E-state index is 12.4. The first kappa shape index (κ1) is 19.3. The third-order valence-corrected chi connectivity index (χ3v) is 4.28. The van der Waals surface area contributed by atoms with Crippen LogP contribution in [0.3, 0.4) is 0 Å². The van der Waals surface area contributed by atoms with Gasteiger partial charge in [-0.1, -0.05) is 6.58 Å². The summed E-state index contributed by atoms with van der Waals surface area (Å²) >= 11 is 0. The quantitative estimate of drug-likeness (QED) is 0.267. The second kappa shape index (κ2) is 8.57. The molecule has 0 rings (SSSR count). The Bertz CT molecular complexity index is 375. The van der Waals surface area contributed by atoms with E-state index in [1.54, 1.807) is 13.8 Å². The van der Waals surface area contributed by atoms with Crippen LogP contribution in [0, 0.1) is 0 Å². The molecule has 0 saturated heterocycles. The molecule has 0 fully saturated rings. The Morgan fingerprint density at radius 1 is 1.20 bits per heavy atom. The van der Waals surface area contributed by atoms with Gasteiger partial charge in [0.25, 0.3) is 0 Å². The lowest BCUT2D eigenvalue weighted by atomic mass is 10.4. The van der Waals surface area contributed by atoms with Crippen molar-refractivity contribution in [2.75, 3.05) is 53.7 Å². The SMILES string of the molecule is C=C(C)C(=O)OCCP(=O)(OCC)OCC[N+](C)(C)C. The number of nitrogens with zero attached hydrogens (tertiary/aromatic N) is 1. The van der Waals surface area contributed by atoms with Crippen molar-refractivity contribution in [1.29, 1.82) is 0 Å². The minimum atomic E-state index is -3.21. The van der Waals surface area contributed by atoms with Gasteiger partial charge in [-0.3, -0.25) is 4.57 Å². The fourth-order valence-corrected chi connectivity index (χ4v) is 2.59. The first-order valence-electron chi connectivity index (χ1n) is 6.61. The molecule has 1 atom stereocenters. The van der Waals surface area contributed by atoms with Gasteiger partial charge in [-0.25, -0.2) is 4.79 Å². The van der Waals surface area contributed by atoms with E-state index in [0.717, 1.165) is 0 Å². The van der Waals surface area contributed by atoms with Gasteiger partial charge in [0.15, 0.2) is 0 Å². The highest BCUT2D eigenvalue weighted by molar-refractivity contribution is 7.53. The number of quaternary nitrogens is 1. The molecule has 0 amide bonds. The summed E-state index contributed by atoms with van der Waals surface area (Å²) in [5, 5.41) is 0. The molecular formula is C13H27NO5P+. The number of rotatable bonds is 10. The van der Waals surface area contributed by atoms with Crippen LogP contribution in [-0.4, -0.2) is 64.1 Å². The monoisotopic (exact) mass is 308 g/mol. The standard InChI is InChI=1S/C13H27NO5P/c1-7-18-20(16,19-9-8-14(4,5)6)11-10-17-13(15)12(2)3/h2,7-11H2,1,3-6H3/q+1. The molecular weight excluding hydrogens is 281 g/mol. The Balaban J connectivity index is 4.27. The second-order valence-corrected chi connectivity index (χ2v) is 7.70. The lowest BCUT2D eigenvalue weighted by molar-refractivity contribution is -0.870. The molecule has 0 bridgehead atoms. The van der Waals surface area contributed by atoms with Crippen molar-refractivity contribution in [2.24, 2.45) is 0 Å². The molecule has 0 aromatic heterocycles. The summed E-state index contributed by atoms with van der Waals surface area (Å²) in [6.45, 7) is 8.10. The van der Waals surface area contributed by atoms with E-state index < -0.39 is 13.6 Å². The summed E-state index contributed by atoms with van der Waals surface area (Å²) in [7, 11) is 2.84. The van der Waals surface area contributed by atoms with Gasteiger partial charge in [-0.15, -0.1) is 0 Å². The van der Waals surface area contributed by atoms with Gasteiger partial charge in [0, 0.05) is 5.57 Å². The Morgan fingerprint density at radius 2 is 1.80 bits per heavy atom. The highest BCUT2D eigenvalue weighted by Gasteiger charge is 2.25. The zero-order valence-electron chi connectivity index (χ0n) is 13.2. The molecule has 0 aromatic rings. The predicted octanol–water partition coefficient (Wildman–Crippen LogP) is 2.06. The maximum atomic E-state index is 12.4. The number of likely N-dealkylation sites (N-methyl/N-ethyl adjacent to an activating group) is 1. The number of ether oxygens (including phenoxy) is 1. The van der Waals surface area contributed by atoms with Crippen molar-refractivity contribution < 1.29 is 27.6 Å². The molecule has 0 aliphatic carbocycles. The molecule has 0 aromatic carbocycles. The third-order valence-electron chi connectivity index (χ3n) is 2.32. The van der Waals surface area contributed by atoms with Gasteiger partial charge in [0.05, 0.1) is 33.9 Å². The summed E-state index contributed by atoms with van der Waals surface area (Å²) in [5.74, 6) is -0.501. The second-order valence-electron chi connectivity index (χ2n) is 5.52. The largest absolute Gasteiger partial charge is 0.462 e. The van der Waals surface area contributed by atoms with Crippen LogP contribution in [-0.2, 0) is 23.1 Å². The molecule has 0 aliphatic rings. The Hall–Kier alpha value is -0.680. The van der Waals surface area contributed by atoms with Crippen LogP contribution in [0.4, 0.5) is 0 Å². The Kier molecular flexibility index (Phi) is 8.28. The highest BCUT2D eigenvalue weighted by Crippen LogP contribution is 2.47. The summed E-state index contributed by atoms with van der Waals surface area (Å²) < 4.78 is 28.6. The van der Waals surface area contributed by atoms with E-state index in [4.69, 9.17) is 13.8 Å². The molecule has 0 N–H and O–H groups in total. The minimum absolute atomic E-state index is 0.00660. The highest BCUT2D eigenvalue weighted by atomic mass is 31.2. The molecule has 1 unspecified atom stereocenters. The lowest BCUT2D eigenvalue weighted by Gasteiger charge is -2.25. The molecule has 0 aliphatic heterocycles. The minimum Gasteiger partial charge on any atom is -0.462 e. The van der Waals surface area contributed by atoms with Crippen molar-refractivity contribution >= 4 is 13.6 Å². The van der Waals surface area contributed by atoms with Gasteiger partial charge in [0.1, 0.15) is 19.8 Å². The van der Waals surface area contributed by atoms with Crippen molar-refractivity contribution in [1.82, 2.24) is 0 Å². The van der Waals surface area contributed by atoms with E-state index in [1.807, 2.05) is 21.1 Å². The molecule has 0 saturated carbocycles. The van der Waals surface area contributed by atoms with Gasteiger partial charge < -0.3 is 18.3 Å². The van der Waals surface area contributed by atoms with Gasteiger partial charge in [-0.05, 0) is 13.8 Å². The zero-order valence-corrected chi connectivity index (χ0v) is 14.1. The van der Waals surface area contributed by atoms with E-state index >= 15 is 0 Å². The maximum Gasteiger partial charge on any atom is 0.334 e. The molecule has 0 spiro atoms. The molecule has 7 heteroatoms. The first-order chi connectivity index (χ1) is 9.09. The normalized spacial score (nSPS) is 14.7. The van der Waals surface area contributed by atoms with Crippen molar-refractivity contribution in [3.8, 4) is 0 Å². The number of carbonyl (C=O) groups is 1. The van der Waals surface area contributed by atoms with Crippen LogP contribution in [0.2, 0.25) is 0 Å². The summed E-state index contributed by atoms with van der Waals surface area (Å²) in [5.41, 5.74) is 0.308. The van der Waals surface area contributed by atoms with Crippen molar-refractivity contribution in [3.05, 3.63) is 12.2 Å². The topological polar surface area (TPSA) is 61.8 Å². The number of carbonyl (C=O) groups excluding carboxylic acids is 1. The average molecular weight is 308 g/mol. The molecule has 0 heterocycles. The molecule has 20 heavy (non-hydrogen) atoms. The van der Waals surface area contributed by atoms with E-state index in [-0.39, 0.29) is 19.4 Å². The number of hydrogen-bond acceptors (Lipinski definition) is 5. The van der Waals surface area contributed by atoms with Gasteiger partial charge in [-0.2, -0.15) is 0 Å². The zero-order chi connectivity index (χ0) is 15.8. The summed E-state index contributed by atoms with van der Waals surface area (Å²) in [6.07, 6.45) is 0.0526. The molecule has 118 valence electrons.